The van der Waals surface area contributed by atoms with Gasteiger partial charge in [-0.1, -0.05) is 31.0 Å². The number of nitrogens with zero attached hydrogens (tertiary/aromatic N) is 2. The van der Waals surface area contributed by atoms with Gasteiger partial charge in [0.15, 0.2) is 17.4 Å². The molecule has 3 aromatic rings. The van der Waals surface area contributed by atoms with Crippen molar-refractivity contribution in [3.8, 4) is 11.5 Å². The smallest absolute Gasteiger partial charge is 0.194 e. The van der Waals surface area contributed by atoms with E-state index in [1.54, 1.807) is 24.5 Å². The second-order valence-corrected chi connectivity index (χ2v) is 6.30. The van der Waals surface area contributed by atoms with E-state index in [4.69, 9.17) is 10.2 Å². The number of carbonyl (C=O) groups excluding carboxylic acids is 1. The molecule has 2 heterocycles. The Kier molecular flexibility index (Phi) is 6.14. The summed E-state index contributed by atoms with van der Waals surface area (Å²) in [5.41, 5.74) is 7.84. The van der Waals surface area contributed by atoms with Gasteiger partial charge in [0.1, 0.15) is 5.69 Å². The first-order chi connectivity index (χ1) is 12.7. The van der Waals surface area contributed by atoms with Gasteiger partial charge in [-0.25, -0.2) is 4.98 Å². The summed E-state index contributed by atoms with van der Waals surface area (Å²) >= 11 is 0. The number of pyridine rings is 1. The van der Waals surface area contributed by atoms with Crippen LogP contribution in [0.25, 0.3) is 11.5 Å². The Labute approximate surface area is 153 Å². The quantitative estimate of drug-likeness (QED) is 0.344. The van der Waals surface area contributed by atoms with Crippen LogP contribution >= 0.6 is 0 Å². The molecular weight excluding hydrogens is 326 g/mol. The van der Waals surface area contributed by atoms with E-state index in [0.29, 0.717) is 23.4 Å². The minimum absolute atomic E-state index is 0.157. The summed E-state index contributed by atoms with van der Waals surface area (Å²) in [5, 5.41) is 0. The lowest BCUT2D eigenvalue weighted by Crippen LogP contribution is -2.00. The number of hydrogen-bond donors (Lipinski definition) is 1. The molecule has 3 rings (SSSR count). The van der Waals surface area contributed by atoms with Crippen molar-refractivity contribution in [2.75, 3.05) is 5.73 Å². The van der Waals surface area contributed by atoms with Crippen LogP contribution in [0.5, 0.6) is 0 Å². The molecule has 2 aromatic heterocycles. The van der Waals surface area contributed by atoms with Crippen molar-refractivity contribution >= 4 is 11.5 Å². The SMILES string of the molecule is Nc1cccc(C(=O)CCCCCCc2ncc(-c3ccccn3)o2)c1. The number of rotatable bonds is 9. The molecule has 1 aromatic carbocycles. The molecule has 0 radical (unpaired) electrons. The number of oxazole rings is 1. The minimum Gasteiger partial charge on any atom is -0.439 e. The molecular formula is C21H23N3O2. The molecule has 0 amide bonds. The lowest BCUT2D eigenvalue weighted by atomic mass is 10.0. The number of aromatic nitrogens is 2. The maximum absolute atomic E-state index is 12.1. The number of nitrogen functional groups attached to an aromatic ring is 1. The highest BCUT2D eigenvalue weighted by molar-refractivity contribution is 5.96. The van der Waals surface area contributed by atoms with Crippen molar-refractivity contribution in [2.45, 2.75) is 38.5 Å². The standard InChI is InChI=1S/C21H23N3O2/c22-17-9-7-8-16(14-17)19(25)11-3-1-2-4-12-21-24-15-20(26-21)18-10-5-6-13-23-18/h5-10,13-15H,1-4,11-12,22H2. The maximum Gasteiger partial charge on any atom is 0.194 e. The Morgan fingerprint density at radius 3 is 2.69 bits per heavy atom. The molecule has 0 aliphatic heterocycles. The fourth-order valence-corrected chi connectivity index (χ4v) is 2.82. The van der Waals surface area contributed by atoms with E-state index in [1.807, 2.05) is 30.3 Å². The van der Waals surface area contributed by atoms with Crippen LogP contribution in [0.15, 0.2) is 59.3 Å². The van der Waals surface area contributed by atoms with Crippen LogP contribution in [0.2, 0.25) is 0 Å². The van der Waals surface area contributed by atoms with Crippen LogP contribution in [0, 0.1) is 0 Å². The molecule has 0 spiro atoms. The molecule has 0 aliphatic rings. The van der Waals surface area contributed by atoms with Gasteiger partial charge >= 0.3 is 0 Å². The van der Waals surface area contributed by atoms with Gasteiger partial charge in [-0.2, -0.15) is 0 Å². The van der Waals surface area contributed by atoms with Crippen LogP contribution in [0.3, 0.4) is 0 Å². The van der Waals surface area contributed by atoms with Crippen molar-refractivity contribution in [1.82, 2.24) is 9.97 Å². The van der Waals surface area contributed by atoms with Crippen molar-refractivity contribution in [2.24, 2.45) is 0 Å². The third kappa shape index (κ3) is 5.02. The van der Waals surface area contributed by atoms with Crippen molar-refractivity contribution in [3.05, 3.63) is 66.3 Å². The number of carbonyl (C=O) groups is 1. The molecule has 0 saturated carbocycles. The Hall–Kier alpha value is -2.95. The Bertz CT molecular complexity index is 843. The van der Waals surface area contributed by atoms with Gasteiger partial charge in [-0.3, -0.25) is 9.78 Å². The van der Waals surface area contributed by atoms with Gasteiger partial charge in [0.05, 0.1) is 6.20 Å². The predicted octanol–water partition coefficient (Wildman–Crippen LogP) is 4.69. The average molecular weight is 349 g/mol. The monoisotopic (exact) mass is 349 g/mol. The van der Waals surface area contributed by atoms with Gasteiger partial charge in [0, 0.05) is 30.3 Å². The zero-order valence-electron chi connectivity index (χ0n) is 14.7. The van der Waals surface area contributed by atoms with E-state index in [0.717, 1.165) is 43.7 Å². The van der Waals surface area contributed by atoms with Crippen LogP contribution < -0.4 is 5.73 Å². The predicted molar refractivity (Wildman–Crippen MR) is 102 cm³/mol. The second kappa shape index (κ2) is 8.94. The Morgan fingerprint density at radius 1 is 1.00 bits per heavy atom. The number of hydrogen-bond acceptors (Lipinski definition) is 5. The summed E-state index contributed by atoms with van der Waals surface area (Å²) in [7, 11) is 0. The second-order valence-electron chi connectivity index (χ2n) is 6.30. The third-order valence-electron chi connectivity index (χ3n) is 4.22. The van der Waals surface area contributed by atoms with E-state index in [9.17, 15) is 4.79 Å². The highest BCUT2D eigenvalue weighted by Crippen LogP contribution is 2.19. The lowest BCUT2D eigenvalue weighted by Gasteiger charge is -2.02. The Morgan fingerprint density at radius 2 is 1.88 bits per heavy atom. The first-order valence-electron chi connectivity index (χ1n) is 8.97. The molecule has 0 atom stereocenters. The molecule has 0 unspecified atom stereocenters. The van der Waals surface area contributed by atoms with Gasteiger partial charge in [0.25, 0.3) is 0 Å². The number of unbranched alkanes of at least 4 members (excludes halogenated alkanes) is 3. The normalized spacial score (nSPS) is 10.8. The van der Waals surface area contributed by atoms with E-state index in [2.05, 4.69) is 9.97 Å². The molecule has 2 N–H and O–H groups in total. The number of benzene rings is 1. The topological polar surface area (TPSA) is 82.0 Å². The molecule has 0 saturated heterocycles. The molecule has 0 aliphatic carbocycles. The largest absolute Gasteiger partial charge is 0.439 e. The average Bonchev–Trinajstić information content (AvgIpc) is 3.14. The number of Topliss-reactive ketones (excluding diaryl/α,β-unsaturated/α-hetero) is 1. The minimum atomic E-state index is 0.157. The summed E-state index contributed by atoms with van der Waals surface area (Å²) in [4.78, 5) is 20.7. The fourth-order valence-electron chi connectivity index (χ4n) is 2.82. The van der Waals surface area contributed by atoms with Crippen LogP contribution in [0.4, 0.5) is 5.69 Å². The van der Waals surface area contributed by atoms with Crippen LogP contribution in [-0.4, -0.2) is 15.8 Å². The summed E-state index contributed by atoms with van der Waals surface area (Å²) in [5.74, 6) is 1.60. The summed E-state index contributed by atoms with van der Waals surface area (Å²) in [6, 6.07) is 12.9. The molecule has 26 heavy (non-hydrogen) atoms. The highest BCUT2D eigenvalue weighted by atomic mass is 16.4. The fraction of sp³-hybridized carbons (Fsp3) is 0.286. The highest BCUT2D eigenvalue weighted by Gasteiger charge is 2.08. The number of nitrogens with two attached hydrogens (primary N) is 1. The first-order valence-corrected chi connectivity index (χ1v) is 8.97. The molecule has 0 bridgehead atoms. The van der Waals surface area contributed by atoms with E-state index >= 15 is 0 Å². The van der Waals surface area contributed by atoms with Crippen molar-refractivity contribution < 1.29 is 9.21 Å². The van der Waals surface area contributed by atoms with Crippen LogP contribution in [0.1, 0.15) is 48.4 Å². The number of ketones is 1. The summed E-state index contributed by atoms with van der Waals surface area (Å²) < 4.78 is 5.74. The molecule has 5 heteroatoms. The summed E-state index contributed by atoms with van der Waals surface area (Å²) in [6.45, 7) is 0. The zero-order valence-corrected chi connectivity index (χ0v) is 14.7. The number of anilines is 1. The third-order valence-corrected chi connectivity index (χ3v) is 4.22. The summed E-state index contributed by atoms with van der Waals surface area (Å²) in [6.07, 6.45) is 8.77. The van der Waals surface area contributed by atoms with Gasteiger partial charge < -0.3 is 10.2 Å². The van der Waals surface area contributed by atoms with Crippen LogP contribution in [-0.2, 0) is 6.42 Å². The Balaban J connectivity index is 1.35. The molecule has 134 valence electrons. The maximum atomic E-state index is 12.1. The van der Waals surface area contributed by atoms with E-state index < -0.39 is 0 Å². The van der Waals surface area contributed by atoms with Crippen molar-refractivity contribution in [1.29, 1.82) is 0 Å². The van der Waals surface area contributed by atoms with E-state index in [1.165, 1.54) is 0 Å². The van der Waals surface area contributed by atoms with Gasteiger partial charge in [-0.05, 0) is 37.1 Å². The lowest BCUT2D eigenvalue weighted by molar-refractivity contribution is 0.0979. The first kappa shape index (κ1) is 17.9. The van der Waals surface area contributed by atoms with E-state index in [-0.39, 0.29) is 5.78 Å². The zero-order chi connectivity index (χ0) is 18.2. The number of aryl methyl sites for hydroxylation is 1. The van der Waals surface area contributed by atoms with Gasteiger partial charge in [-0.15, -0.1) is 0 Å². The van der Waals surface area contributed by atoms with Crippen molar-refractivity contribution in [3.63, 3.8) is 0 Å². The molecule has 0 fully saturated rings. The molecule has 5 nitrogen and oxygen atoms in total. The van der Waals surface area contributed by atoms with Gasteiger partial charge in [0.2, 0.25) is 0 Å².